The number of pyridine rings is 1. The van der Waals surface area contributed by atoms with E-state index in [0.717, 1.165) is 5.52 Å². The second-order valence-corrected chi connectivity index (χ2v) is 4.03. The number of benzene rings is 1. The number of hydrogen-bond acceptors (Lipinski definition) is 1. The summed E-state index contributed by atoms with van der Waals surface area (Å²) in [4.78, 5) is 4.72. The van der Waals surface area contributed by atoms with Crippen LogP contribution in [0.15, 0.2) is 24.3 Å². The first-order chi connectivity index (χ1) is 6.86. The van der Waals surface area contributed by atoms with Crippen LogP contribution >= 0.6 is 0 Å². The molecule has 1 nitrogen and oxygen atoms in total. The molecule has 1 aromatic heterocycles. The van der Waals surface area contributed by atoms with Gasteiger partial charge in [0.2, 0.25) is 0 Å². The van der Waals surface area contributed by atoms with Crippen molar-refractivity contribution in [3.63, 3.8) is 0 Å². The molecule has 1 aromatic carbocycles. The number of rotatable bonds is 0. The number of para-hydroxylation sites is 1. The molecule has 0 radical (unpaired) electrons. The maximum Gasteiger partial charge on any atom is 0.0708 e. The van der Waals surface area contributed by atoms with E-state index in [0.29, 0.717) is 0 Å². The lowest BCUT2D eigenvalue weighted by Gasteiger charge is -2.07. The molecule has 1 aliphatic carbocycles. The molecule has 0 saturated carbocycles. The summed E-state index contributed by atoms with van der Waals surface area (Å²) in [7, 11) is 0. The molecule has 70 valence electrons. The molecule has 0 amide bonds. The summed E-state index contributed by atoms with van der Waals surface area (Å²) in [6, 6.07) is 8.45. The Morgan fingerprint density at radius 1 is 1.14 bits per heavy atom. The van der Waals surface area contributed by atoms with Gasteiger partial charge in [-0.05, 0) is 43.4 Å². The average Bonchev–Trinajstić information content (AvgIpc) is 2.66. The molecule has 0 spiro atoms. The van der Waals surface area contributed by atoms with Crippen molar-refractivity contribution in [2.45, 2.75) is 26.2 Å². The molecule has 0 aliphatic heterocycles. The number of aromatic nitrogens is 1. The normalized spacial score (nSPS) is 14.6. The molecule has 0 N–H and O–H groups in total. The second-order valence-electron chi connectivity index (χ2n) is 4.03. The van der Waals surface area contributed by atoms with Gasteiger partial charge in [-0.15, -0.1) is 0 Å². The molecule has 0 bridgehead atoms. The smallest absolute Gasteiger partial charge is 0.0708 e. The van der Waals surface area contributed by atoms with Gasteiger partial charge in [-0.3, -0.25) is 4.98 Å². The Labute approximate surface area is 83.8 Å². The van der Waals surface area contributed by atoms with E-state index in [2.05, 4.69) is 31.2 Å². The van der Waals surface area contributed by atoms with Gasteiger partial charge < -0.3 is 0 Å². The molecular formula is C13H13N. The highest BCUT2D eigenvalue weighted by atomic mass is 14.7. The third kappa shape index (κ3) is 0.985. The summed E-state index contributed by atoms with van der Waals surface area (Å²) in [5.41, 5.74) is 5.44. The van der Waals surface area contributed by atoms with Crippen molar-refractivity contribution in [3.8, 4) is 0 Å². The van der Waals surface area contributed by atoms with Crippen LogP contribution < -0.4 is 0 Å². The highest BCUT2D eigenvalue weighted by Crippen LogP contribution is 2.28. The monoisotopic (exact) mass is 183 g/mol. The van der Waals surface area contributed by atoms with E-state index < -0.39 is 0 Å². The number of aryl methyl sites for hydroxylation is 2. The predicted molar refractivity (Wildman–Crippen MR) is 58.5 cm³/mol. The van der Waals surface area contributed by atoms with E-state index in [1.54, 1.807) is 0 Å². The minimum atomic E-state index is 1.16. The van der Waals surface area contributed by atoms with Gasteiger partial charge in [-0.1, -0.05) is 18.2 Å². The summed E-state index contributed by atoms with van der Waals surface area (Å²) in [6.07, 6.45) is 3.67. The van der Waals surface area contributed by atoms with Gasteiger partial charge in [0.15, 0.2) is 0 Å². The zero-order valence-electron chi connectivity index (χ0n) is 8.38. The molecule has 1 heterocycles. The van der Waals surface area contributed by atoms with Crippen LogP contribution in [0.1, 0.15) is 23.2 Å². The van der Waals surface area contributed by atoms with Crippen LogP contribution in [0.2, 0.25) is 0 Å². The zero-order valence-corrected chi connectivity index (χ0v) is 8.38. The highest BCUT2D eigenvalue weighted by Gasteiger charge is 2.16. The fraction of sp³-hybridized carbons (Fsp3) is 0.308. The van der Waals surface area contributed by atoms with Crippen LogP contribution in [0, 0.1) is 6.92 Å². The molecule has 0 saturated heterocycles. The summed E-state index contributed by atoms with van der Waals surface area (Å²) < 4.78 is 0. The van der Waals surface area contributed by atoms with Gasteiger partial charge in [0.05, 0.1) is 5.52 Å². The standard InChI is InChI=1S/C13H13N/c1-9-10-5-2-3-7-12(10)14-13-8-4-6-11(9)13/h2-3,5,7H,4,6,8H2,1H3. The lowest BCUT2D eigenvalue weighted by molar-refractivity contribution is 0.900. The van der Waals surface area contributed by atoms with Gasteiger partial charge in [-0.2, -0.15) is 0 Å². The Morgan fingerprint density at radius 3 is 2.93 bits per heavy atom. The van der Waals surface area contributed by atoms with Crippen LogP contribution in [0.25, 0.3) is 10.9 Å². The molecule has 1 aliphatic rings. The van der Waals surface area contributed by atoms with E-state index in [9.17, 15) is 0 Å². The van der Waals surface area contributed by atoms with Crippen molar-refractivity contribution in [2.75, 3.05) is 0 Å². The molecular weight excluding hydrogens is 170 g/mol. The molecule has 0 fully saturated rings. The van der Waals surface area contributed by atoms with E-state index in [-0.39, 0.29) is 0 Å². The Hall–Kier alpha value is -1.37. The molecule has 14 heavy (non-hydrogen) atoms. The Morgan fingerprint density at radius 2 is 2.00 bits per heavy atom. The van der Waals surface area contributed by atoms with Crippen LogP contribution in [-0.2, 0) is 12.8 Å². The molecule has 0 atom stereocenters. The largest absolute Gasteiger partial charge is 0.253 e. The fourth-order valence-electron chi connectivity index (χ4n) is 2.45. The van der Waals surface area contributed by atoms with Crippen molar-refractivity contribution in [3.05, 3.63) is 41.1 Å². The van der Waals surface area contributed by atoms with Crippen LogP contribution in [-0.4, -0.2) is 4.98 Å². The minimum absolute atomic E-state index is 1.16. The van der Waals surface area contributed by atoms with Gasteiger partial charge in [0.1, 0.15) is 0 Å². The lowest BCUT2D eigenvalue weighted by atomic mass is 10.0. The van der Waals surface area contributed by atoms with Crippen molar-refractivity contribution in [1.29, 1.82) is 0 Å². The summed E-state index contributed by atoms with van der Waals surface area (Å²) >= 11 is 0. The minimum Gasteiger partial charge on any atom is -0.253 e. The van der Waals surface area contributed by atoms with Gasteiger partial charge in [0.25, 0.3) is 0 Å². The summed E-state index contributed by atoms with van der Waals surface area (Å²) in [6.45, 7) is 2.23. The van der Waals surface area contributed by atoms with Crippen LogP contribution in [0.3, 0.4) is 0 Å². The van der Waals surface area contributed by atoms with Crippen LogP contribution in [0.4, 0.5) is 0 Å². The maximum absolute atomic E-state index is 4.72. The fourth-order valence-corrected chi connectivity index (χ4v) is 2.45. The first kappa shape index (κ1) is 7.98. The Balaban J connectivity index is 2.44. The van der Waals surface area contributed by atoms with Crippen LogP contribution in [0.5, 0.6) is 0 Å². The van der Waals surface area contributed by atoms with E-state index in [1.807, 2.05) is 0 Å². The van der Waals surface area contributed by atoms with Gasteiger partial charge in [-0.25, -0.2) is 0 Å². The van der Waals surface area contributed by atoms with Crippen molar-refractivity contribution < 1.29 is 0 Å². The van der Waals surface area contributed by atoms with E-state index in [4.69, 9.17) is 4.98 Å². The van der Waals surface area contributed by atoms with Crippen molar-refractivity contribution in [1.82, 2.24) is 4.98 Å². The van der Waals surface area contributed by atoms with Crippen molar-refractivity contribution in [2.24, 2.45) is 0 Å². The lowest BCUT2D eigenvalue weighted by Crippen LogP contribution is -1.93. The third-order valence-corrected chi connectivity index (χ3v) is 3.20. The SMILES string of the molecule is Cc1c2c(nc3ccccc13)CCC2. The predicted octanol–water partition coefficient (Wildman–Crippen LogP) is 3.03. The quantitative estimate of drug-likeness (QED) is 0.611. The van der Waals surface area contributed by atoms with Crippen molar-refractivity contribution >= 4 is 10.9 Å². The highest BCUT2D eigenvalue weighted by molar-refractivity contribution is 5.83. The third-order valence-electron chi connectivity index (χ3n) is 3.20. The topological polar surface area (TPSA) is 12.9 Å². The molecule has 3 rings (SSSR count). The summed E-state index contributed by atoms with van der Waals surface area (Å²) in [5.74, 6) is 0. The molecule has 0 unspecified atom stereocenters. The number of fused-ring (bicyclic) bond motifs is 2. The van der Waals surface area contributed by atoms with E-state index >= 15 is 0 Å². The van der Waals surface area contributed by atoms with E-state index in [1.165, 1.54) is 41.5 Å². The number of hydrogen-bond donors (Lipinski definition) is 0. The molecule has 1 heteroatoms. The maximum atomic E-state index is 4.72. The Bertz CT molecular complexity index is 500. The van der Waals surface area contributed by atoms with Gasteiger partial charge in [0, 0.05) is 11.1 Å². The number of nitrogens with zero attached hydrogens (tertiary/aromatic N) is 1. The first-order valence-corrected chi connectivity index (χ1v) is 5.23. The summed E-state index contributed by atoms with van der Waals surface area (Å²) in [5, 5.41) is 1.33. The first-order valence-electron chi connectivity index (χ1n) is 5.23. The van der Waals surface area contributed by atoms with Gasteiger partial charge >= 0.3 is 0 Å². The molecule has 2 aromatic rings. The second kappa shape index (κ2) is 2.81. The zero-order chi connectivity index (χ0) is 9.54. The Kier molecular flexibility index (Phi) is 1.60. The average molecular weight is 183 g/mol.